The zero-order chi connectivity index (χ0) is 18.0. The van der Waals surface area contributed by atoms with Gasteiger partial charge in [-0.3, -0.25) is 10.1 Å². The largest absolute Gasteiger partial charge is 0.494 e. The highest BCUT2D eigenvalue weighted by Crippen LogP contribution is 2.20. The Morgan fingerprint density at radius 3 is 2.54 bits per heavy atom. The number of nitrogens with one attached hydrogen (secondary N) is 1. The van der Waals surface area contributed by atoms with Crippen LogP contribution in [0.15, 0.2) is 65.6 Å². The van der Waals surface area contributed by atoms with E-state index in [2.05, 4.69) is 15.5 Å². The number of carbonyl (C=O) groups is 1. The summed E-state index contributed by atoms with van der Waals surface area (Å²) in [7, 11) is 0. The molecule has 2 aromatic carbocycles. The van der Waals surface area contributed by atoms with Gasteiger partial charge < -0.3 is 4.74 Å². The van der Waals surface area contributed by atoms with E-state index in [1.54, 1.807) is 0 Å². The summed E-state index contributed by atoms with van der Waals surface area (Å²) in [6.07, 6.45) is 1.63. The number of ether oxygens (including phenoxy) is 1. The molecule has 134 valence electrons. The maximum atomic E-state index is 12.0. The van der Waals surface area contributed by atoms with E-state index < -0.39 is 0 Å². The first-order valence-corrected chi connectivity index (χ1v) is 10.1. The Labute approximate surface area is 160 Å². The Bertz CT molecular complexity index is 810. The SMILES string of the molecule is O=C(CSc1ccccc1)Nc1nnc(CCCOc2ccccc2)s1. The fourth-order valence-corrected chi connectivity index (χ4v) is 3.67. The third kappa shape index (κ3) is 6.16. The first-order valence-electron chi connectivity index (χ1n) is 8.27. The van der Waals surface area contributed by atoms with Crippen molar-refractivity contribution < 1.29 is 9.53 Å². The van der Waals surface area contributed by atoms with Gasteiger partial charge in [0.15, 0.2) is 0 Å². The van der Waals surface area contributed by atoms with Crippen molar-refractivity contribution in [1.29, 1.82) is 0 Å². The van der Waals surface area contributed by atoms with Crippen LogP contribution in [-0.2, 0) is 11.2 Å². The Morgan fingerprint density at radius 1 is 1.04 bits per heavy atom. The zero-order valence-corrected chi connectivity index (χ0v) is 15.8. The van der Waals surface area contributed by atoms with Crippen molar-refractivity contribution in [3.05, 3.63) is 65.7 Å². The highest BCUT2D eigenvalue weighted by Gasteiger charge is 2.09. The van der Waals surface area contributed by atoms with Crippen molar-refractivity contribution >= 4 is 34.1 Å². The van der Waals surface area contributed by atoms with Gasteiger partial charge in [-0.05, 0) is 30.7 Å². The van der Waals surface area contributed by atoms with Crippen LogP contribution in [0.2, 0.25) is 0 Å². The standard InChI is InChI=1S/C19H19N3O2S2/c23-17(14-25-16-10-5-2-6-11-16)20-19-22-21-18(26-19)12-7-13-24-15-8-3-1-4-9-15/h1-6,8-11H,7,12-14H2,(H,20,22,23). The summed E-state index contributed by atoms with van der Waals surface area (Å²) in [5.41, 5.74) is 0. The minimum absolute atomic E-state index is 0.0750. The van der Waals surface area contributed by atoms with Crippen LogP contribution >= 0.6 is 23.1 Å². The maximum absolute atomic E-state index is 12.0. The molecular weight excluding hydrogens is 366 g/mol. The fourth-order valence-electron chi connectivity index (χ4n) is 2.16. The number of hydrogen-bond acceptors (Lipinski definition) is 6. The van der Waals surface area contributed by atoms with Crippen molar-refractivity contribution in [2.45, 2.75) is 17.7 Å². The van der Waals surface area contributed by atoms with Crippen LogP contribution in [0.1, 0.15) is 11.4 Å². The number of para-hydroxylation sites is 1. The second kappa shape index (κ2) is 9.94. The van der Waals surface area contributed by atoms with Crippen molar-refractivity contribution in [3.63, 3.8) is 0 Å². The van der Waals surface area contributed by atoms with E-state index in [1.165, 1.54) is 23.1 Å². The minimum Gasteiger partial charge on any atom is -0.494 e. The van der Waals surface area contributed by atoms with E-state index in [0.29, 0.717) is 17.5 Å². The molecule has 1 heterocycles. The first-order chi connectivity index (χ1) is 12.8. The number of carbonyl (C=O) groups excluding carboxylic acids is 1. The predicted molar refractivity (Wildman–Crippen MR) is 106 cm³/mol. The normalized spacial score (nSPS) is 10.5. The van der Waals surface area contributed by atoms with Crippen molar-refractivity contribution in [2.75, 3.05) is 17.7 Å². The molecule has 7 heteroatoms. The molecule has 1 aromatic heterocycles. The second-order valence-corrected chi connectivity index (χ2v) is 7.53. The van der Waals surface area contributed by atoms with Crippen LogP contribution in [-0.4, -0.2) is 28.5 Å². The molecule has 0 saturated heterocycles. The maximum Gasteiger partial charge on any atom is 0.236 e. The van der Waals surface area contributed by atoms with E-state index in [1.807, 2.05) is 60.7 Å². The summed E-state index contributed by atoms with van der Waals surface area (Å²) in [6, 6.07) is 19.6. The van der Waals surface area contributed by atoms with Gasteiger partial charge in [-0.15, -0.1) is 22.0 Å². The molecule has 0 aliphatic rings. The number of anilines is 1. The Morgan fingerprint density at radius 2 is 1.77 bits per heavy atom. The third-order valence-electron chi connectivity index (χ3n) is 3.37. The number of hydrogen-bond donors (Lipinski definition) is 1. The Balaban J connectivity index is 1.36. The van der Waals surface area contributed by atoms with Crippen LogP contribution in [0.4, 0.5) is 5.13 Å². The minimum atomic E-state index is -0.0750. The molecule has 0 spiro atoms. The average Bonchev–Trinajstić information content (AvgIpc) is 3.12. The van der Waals surface area contributed by atoms with Gasteiger partial charge in [0, 0.05) is 11.3 Å². The molecule has 0 atom stereocenters. The Hall–Kier alpha value is -2.38. The second-order valence-electron chi connectivity index (χ2n) is 5.42. The predicted octanol–water partition coefficient (Wildman–Crippen LogP) is 4.28. The number of nitrogens with zero attached hydrogens (tertiary/aromatic N) is 2. The summed E-state index contributed by atoms with van der Waals surface area (Å²) >= 11 is 2.91. The number of rotatable bonds is 9. The smallest absolute Gasteiger partial charge is 0.236 e. The van der Waals surface area contributed by atoms with Gasteiger partial charge in [-0.1, -0.05) is 47.7 Å². The molecule has 0 saturated carbocycles. The molecule has 5 nitrogen and oxygen atoms in total. The van der Waals surface area contributed by atoms with Crippen LogP contribution < -0.4 is 10.1 Å². The van der Waals surface area contributed by atoms with E-state index in [9.17, 15) is 4.79 Å². The van der Waals surface area contributed by atoms with Crippen molar-refractivity contribution in [3.8, 4) is 5.75 Å². The van der Waals surface area contributed by atoms with Crippen molar-refractivity contribution in [1.82, 2.24) is 10.2 Å². The highest BCUT2D eigenvalue weighted by molar-refractivity contribution is 8.00. The lowest BCUT2D eigenvalue weighted by Crippen LogP contribution is -2.13. The molecule has 1 N–H and O–H groups in total. The van der Waals surface area contributed by atoms with Crippen LogP contribution in [0, 0.1) is 0 Å². The molecule has 26 heavy (non-hydrogen) atoms. The third-order valence-corrected chi connectivity index (χ3v) is 5.28. The number of thioether (sulfide) groups is 1. The van der Waals surface area contributed by atoms with E-state index >= 15 is 0 Å². The van der Waals surface area contributed by atoms with Gasteiger partial charge in [0.05, 0.1) is 12.4 Å². The van der Waals surface area contributed by atoms with E-state index in [0.717, 1.165) is 28.5 Å². The van der Waals surface area contributed by atoms with Crippen LogP contribution in [0.3, 0.4) is 0 Å². The summed E-state index contributed by atoms with van der Waals surface area (Å²) in [5.74, 6) is 1.15. The molecule has 3 aromatic rings. The molecular formula is C19H19N3O2S2. The summed E-state index contributed by atoms with van der Waals surface area (Å²) < 4.78 is 5.66. The topological polar surface area (TPSA) is 64.1 Å². The average molecular weight is 386 g/mol. The lowest BCUT2D eigenvalue weighted by molar-refractivity contribution is -0.113. The number of amides is 1. The quantitative estimate of drug-likeness (QED) is 0.440. The highest BCUT2D eigenvalue weighted by atomic mass is 32.2. The molecule has 0 aliphatic heterocycles. The van der Waals surface area contributed by atoms with E-state index in [-0.39, 0.29) is 5.91 Å². The summed E-state index contributed by atoms with van der Waals surface area (Å²) in [5, 5.41) is 12.4. The van der Waals surface area contributed by atoms with Crippen molar-refractivity contribution in [2.24, 2.45) is 0 Å². The number of benzene rings is 2. The summed E-state index contributed by atoms with van der Waals surface area (Å²) in [4.78, 5) is 13.1. The van der Waals surface area contributed by atoms with Gasteiger partial charge in [0.1, 0.15) is 10.8 Å². The lowest BCUT2D eigenvalue weighted by atomic mass is 10.3. The first kappa shape index (κ1) is 18.4. The molecule has 1 amide bonds. The van der Waals surface area contributed by atoms with Crippen LogP contribution in [0.25, 0.3) is 0 Å². The number of aryl methyl sites for hydroxylation is 1. The molecule has 0 aliphatic carbocycles. The van der Waals surface area contributed by atoms with Gasteiger partial charge in [-0.2, -0.15) is 0 Å². The van der Waals surface area contributed by atoms with Gasteiger partial charge >= 0.3 is 0 Å². The zero-order valence-electron chi connectivity index (χ0n) is 14.1. The molecule has 0 fully saturated rings. The van der Waals surface area contributed by atoms with Gasteiger partial charge in [0.25, 0.3) is 0 Å². The molecule has 0 bridgehead atoms. The monoisotopic (exact) mass is 385 g/mol. The van der Waals surface area contributed by atoms with Gasteiger partial charge in [0.2, 0.25) is 11.0 Å². The molecule has 0 unspecified atom stereocenters. The fraction of sp³-hybridized carbons (Fsp3) is 0.211. The molecule has 0 radical (unpaired) electrons. The molecule has 3 rings (SSSR count). The summed E-state index contributed by atoms with van der Waals surface area (Å²) in [6.45, 7) is 0.624. The van der Waals surface area contributed by atoms with E-state index in [4.69, 9.17) is 4.74 Å². The Kier molecular flexibility index (Phi) is 7.04. The lowest BCUT2D eigenvalue weighted by Gasteiger charge is -2.04. The number of aromatic nitrogens is 2. The van der Waals surface area contributed by atoms with Gasteiger partial charge in [-0.25, -0.2) is 0 Å². The van der Waals surface area contributed by atoms with Crippen LogP contribution in [0.5, 0.6) is 5.75 Å².